The van der Waals surface area contributed by atoms with Gasteiger partial charge in [0.15, 0.2) is 6.29 Å². The van der Waals surface area contributed by atoms with Crippen LogP contribution in [0, 0.1) is 17.8 Å². The highest BCUT2D eigenvalue weighted by molar-refractivity contribution is 6.32. The van der Waals surface area contributed by atoms with Crippen molar-refractivity contribution in [1.82, 2.24) is 9.80 Å². The van der Waals surface area contributed by atoms with Crippen LogP contribution in [0.4, 0.5) is 4.79 Å². The molecule has 1 spiro atoms. The van der Waals surface area contributed by atoms with Gasteiger partial charge in [-0.15, -0.1) is 0 Å². The van der Waals surface area contributed by atoms with E-state index >= 15 is 0 Å². The van der Waals surface area contributed by atoms with Crippen LogP contribution >= 0.6 is 11.6 Å². The second-order valence-corrected chi connectivity index (χ2v) is 14.0. The number of hydrogen-bond acceptors (Lipinski definition) is 7. The number of hydrogen-bond donors (Lipinski definition) is 1. The summed E-state index contributed by atoms with van der Waals surface area (Å²) in [7, 11) is 1.47. The maximum atomic E-state index is 12.6. The Kier molecular flexibility index (Phi) is 10.2. The van der Waals surface area contributed by atoms with E-state index in [1.165, 1.54) is 19.2 Å². The highest BCUT2D eigenvalue weighted by atomic mass is 35.5. The quantitative estimate of drug-likeness (QED) is 0.178. The first-order valence-corrected chi connectivity index (χ1v) is 16.3. The van der Waals surface area contributed by atoms with E-state index in [9.17, 15) is 14.7 Å². The molecule has 8 nitrogen and oxygen atoms in total. The van der Waals surface area contributed by atoms with Gasteiger partial charge >= 0.3 is 6.09 Å². The van der Waals surface area contributed by atoms with Gasteiger partial charge in [-0.25, -0.2) is 4.79 Å². The molecule has 0 saturated carbocycles. The molecule has 2 unspecified atom stereocenters. The SMILES string of the molecule is COC(=O)N1CCC2(CCN(CCCOc3cccc(-c4cccc(COc5cc(O)c(C=O)cc5Cl)c4C)c3)C2)C1C(C)(C)C. The molecule has 2 atom stereocenters. The molecule has 3 aromatic rings. The number of carbonyl (C=O) groups is 2. The Bertz CT molecular complexity index is 1570. The number of amides is 1. The molecule has 2 aliphatic heterocycles. The molecular weight excluding hydrogens is 604 g/mol. The first-order chi connectivity index (χ1) is 22.0. The molecule has 0 aliphatic carbocycles. The van der Waals surface area contributed by atoms with Gasteiger partial charge in [0.2, 0.25) is 0 Å². The zero-order valence-electron chi connectivity index (χ0n) is 27.5. The summed E-state index contributed by atoms with van der Waals surface area (Å²) in [5.41, 5.74) is 4.37. The van der Waals surface area contributed by atoms with Crippen molar-refractivity contribution >= 4 is 24.0 Å². The van der Waals surface area contributed by atoms with Crippen LogP contribution in [-0.2, 0) is 11.3 Å². The third-order valence-corrected chi connectivity index (χ3v) is 9.80. The van der Waals surface area contributed by atoms with Gasteiger partial charge in [0.25, 0.3) is 0 Å². The van der Waals surface area contributed by atoms with E-state index in [4.69, 9.17) is 25.8 Å². The maximum Gasteiger partial charge on any atom is 0.409 e. The fourth-order valence-electron chi connectivity index (χ4n) is 7.54. The monoisotopic (exact) mass is 648 g/mol. The number of phenols is 1. The van der Waals surface area contributed by atoms with Crippen LogP contribution in [0.15, 0.2) is 54.6 Å². The van der Waals surface area contributed by atoms with Gasteiger partial charge in [0, 0.05) is 37.2 Å². The molecule has 46 heavy (non-hydrogen) atoms. The van der Waals surface area contributed by atoms with E-state index in [0.29, 0.717) is 18.6 Å². The van der Waals surface area contributed by atoms with Crippen molar-refractivity contribution in [3.63, 3.8) is 0 Å². The fraction of sp³-hybridized carbons (Fsp3) is 0.459. The standard InChI is InChI=1S/C37H45ClN2O6/c1-25-27(23-46-33-21-32(42)28(22-41)20-31(33)38)10-7-12-30(25)26-9-6-11-29(19-26)45-18-8-15-39-16-13-37(24-39)14-17-40(35(43)44-5)34(37)36(2,3)4/h6-7,9-12,19-22,34,42H,8,13-18,23-24H2,1-5H3. The second kappa shape index (κ2) is 13.9. The molecule has 0 aromatic heterocycles. The lowest BCUT2D eigenvalue weighted by atomic mass is 9.68. The van der Waals surface area contributed by atoms with Crippen molar-refractivity contribution in [3.8, 4) is 28.4 Å². The van der Waals surface area contributed by atoms with Gasteiger partial charge in [-0.2, -0.15) is 0 Å². The van der Waals surface area contributed by atoms with Crippen molar-refractivity contribution in [2.24, 2.45) is 10.8 Å². The van der Waals surface area contributed by atoms with Gasteiger partial charge < -0.3 is 29.1 Å². The van der Waals surface area contributed by atoms with Crippen LogP contribution in [-0.4, -0.2) is 73.2 Å². The molecule has 2 aliphatic rings. The highest BCUT2D eigenvalue weighted by Crippen LogP contribution is 2.51. The van der Waals surface area contributed by atoms with E-state index in [2.05, 4.69) is 50.8 Å². The minimum Gasteiger partial charge on any atom is -0.507 e. The van der Waals surface area contributed by atoms with Crippen LogP contribution in [0.2, 0.25) is 5.02 Å². The minimum absolute atomic E-state index is 0.0262. The number of nitrogens with zero attached hydrogens (tertiary/aromatic N) is 2. The number of carbonyl (C=O) groups excluding carboxylic acids is 2. The molecule has 0 radical (unpaired) electrons. The normalized spacial score (nSPS) is 19.9. The Balaban J connectivity index is 1.16. The fourth-order valence-corrected chi connectivity index (χ4v) is 7.77. The van der Waals surface area contributed by atoms with Crippen LogP contribution in [0.5, 0.6) is 17.2 Å². The van der Waals surface area contributed by atoms with Gasteiger partial charge in [-0.1, -0.05) is 62.7 Å². The smallest absolute Gasteiger partial charge is 0.409 e. The zero-order valence-corrected chi connectivity index (χ0v) is 28.2. The average Bonchev–Trinajstić information content (AvgIpc) is 3.63. The van der Waals surface area contributed by atoms with Gasteiger partial charge in [-0.05, 0) is 78.6 Å². The summed E-state index contributed by atoms with van der Waals surface area (Å²) in [6.45, 7) is 13.4. The third kappa shape index (κ3) is 7.13. The van der Waals surface area contributed by atoms with E-state index in [0.717, 1.165) is 73.4 Å². The summed E-state index contributed by atoms with van der Waals surface area (Å²) < 4.78 is 17.3. The predicted molar refractivity (Wildman–Crippen MR) is 180 cm³/mol. The number of aromatic hydroxyl groups is 1. The summed E-state index contributed by atoms with van der Waals surface area (Å²) in [6, 6.07) is 17.1. The largest absolute Gasteiger partial charge is 0.507 e. The molecular formula is C37H45ClN2O6. The molecule has 9 heteroatoms. The summed E-state index contributed by atoms with van der Waals surface area (Å²) in [6.07, 6.45) is 3.37. The number of halogens is 1. The summed E-state index contributed by atoms with van der Waals surface area (Å²) >= 11 is 6.26. The van der Waals surface area contributed by atoms with Crippen LogP contribution < -0.4 is 9.47 Å². The van der Waals surface area contributed by atoms with Gasteiger partial charge in [-0.3, -0.25) is 4.79 Å². The lowest BCUT2D eigenvalue weighted by molar-refractivity contribution is 0.0476. The van der Waals surface area contributed by atoms with E-state index in [-0.39, 0.29) is 45.9 Å². The first kappa shape index (κ1) is 33.6. The van der Waals surface area contributed by atoms with E-state index in [1.54, 1.807) is 0 Å². The van der Waals surface area contributed by atoms with Gasteiger partial charge in [0.1, 0.15) is 23.9 Å². The molecule has 5 rings (SSSR count). The lowest BCUT2D eigenvalue weighted by Gasteiger charge is -2.43. The second-order valence-electron chi connectivity index (χ2n) is 13.6. The number of methoxy groups -OCH3 is 1. The Morgan fingerprint density at radius 1 is 1.09 bits per heavy atom. The molecule has 2 saturated heterocycles. The number of rotatable bonds is 10. The van der Waals surface area contributed by atoms with E-state index < -0.39 is 0 Å². The summed E-state index contributed by atoms with van der Waals surface area (Å²) in [4.78, 5) is 28.1. The van der Waals surface area contributed by atoms with Crippen molar-refractivity contribution in [2.45, 2.75) is 59.6 Å². The molecule has 0 bridgehead atoms. The predicted octanol–water partition coefficient (Wildman–Crippen LogP) is 7.76. The molecule has 246 valence electrons. The lowest BCUT2D eigenvalue weighted by Crippen LogP contribution is -2.51. The van der Waals surface area contributed by atoms with Gasteiger partial charge in [0.05, 0.1) is 24.3 Å². The van der Waals surface area contributed by atoms with Crippen molar-refractivity contribution in [1.29, 1.82) is 0 Å². The maximum absolute atomic E-state index is 12.6. The summed E-state index contributed by atoms with van der Waals surface area (Å²) in [5.74, 6) is 0.969. The number of likely N-dealkylation sites (tertiary alicyclic amines) is 2. The van der Waals surface area contributed by atoms with Crippen LogP contribution in [0.25, 0.3) is 11.1 Å². The van der Waals surface area contributed by atoms with Crippen molar-refractivity contribution in [3.05, 3.63) is 76.3 Å². The molecule has 2 fully saturated rings. The van der Waals surface area contributed by atoms with E-state index in [1.807, 2.05) is 29.2 Å². The Hall–Kier alpha value is -3.75. The topological polar surface area (TPSA) is 88.5 Å². The molecule has 1 amide bonds. The number of phenolic OH excluding ortho intramolecular Hbond substituents is 1. The van der Waals surface area contributed by atoms with Crippen molar-refractivity contribution in [2.75, 3.05) is 39.9 Å². The Morgan fingerprint density at radius 2 is 1.85 bits per heavy atom. The Labute approximate surface area is 277 Å². The Morgan fingerprint density at radius 3 is 2.59 bits per heavy atom. The molecule has 1 N–H and O–H groups in total. The molecule has 3 aromatic carbocycles. The average molecular weight is 649 g/mol. The number of aldehydes is 1. The van der Waals surface area contributed by atoms with Crippen LogP contribution in [0.1, 0.15) is 61.5 Å². The zero-order chi connectivity index (χ0) is 33.1. The van der Waals surface area contributed by atoms with Crippen LogP contribution in [0.3, 0.4) is 0 Å². The third-order valence-electron chi connectivity index (χ3n) is 9.51. The number of benzene rings is 3. The number of ether oxygens (including phenoxy) is 3. The molecule has 2 heterocycles. The first-order valence-electron chi connectivity index (χ1n) is 15.9. The minimum atomic E-state index is -0.213. The highest BCUT2D eigenvalue weighted by Gasteiger charge is 2.56. The van der Waals surface area contributed by atoms with Crippen molar-refractivity contribution < 1.29 is 28.9 Å². The summed E-state index contributed by atoms with van der Waals surface area (Å²) in [5, 5.41) is 10.3.